The number of carbonyl (C=O) groups excluding carboxylic acids is 4. The smallest absolute Gasteiger partial charge is 0.339 e. The summed E-state index contributed by atoms with van der Waals surface area (Å²) in [6.07, 6.45) is 1.46. The Morgan fingerprint density at radius 1 is 0.971 bits per heavy atom. The van der Waals surface area contributed by atoms with Crippen molar-refractivity contribution in [3.8, 4) is 5.69 Å². The van der Waals surface area contributed by atoms with Crippen LogP contribution >= 0.6 is 0 Å². The molecule has 8 nitrogen and oxygen atoms in total. The van der Waals surface area contributed by atoms with E-state index in [0.29, 0.717) is 28.2 Å². The maximum Gasteiger partial charge on any atom is 0.339 e. The zero-order valence-corrected chi connectivity index (χ0v) is 19.2. The standard InChI is InChI=1S/C26H23N3O5/c1-15-9-11-19(12-10-15)29-24(31)21(23(30)27-26(29)33)14-18-13-16(2)28(17(18)3)22-8-6-5-7-20(22)25(32)34-4/h5-14H,1-4H3,(H,27,30,33)/b21-14+. The zero-order valence-electron chi connectivity index (χ0n) is 19.2. The average molecular weight is 457 g/mol. The number of nitrogens with zero attached hydrogens (tertiary/aromatic N) is 2. The van der Waals surface area contributed by atoms with Crippen molar-refractivity contribution >= 4 is 35.6 Å². The molecule has 1 aliphatic heterocycles. The van der Waals surface area contributed by atoms with Gasteiger partial charge in [0.15, 0.2) is 0 Å². The predicted molar refractivity (Wildman–Crippen MR) is 127 cm³/mol. The van der Waals surface area contributed by atoms with E-state index in [1.807, 2.05) is 37.5 Å². The molecule has 2 aromatic carbocycles. The van der Waals surface area contributed by atoms with Crippen LogP contribution in [-0.4, -0.2) is 35.5 Å². The van der Waals surface area contributed by atoms with Gasteiger partial charge in [0.25, 0.3) is 11.8 Å². The third-order valence-corrected chi connectivity index (χ3v) is 5.71. The van der Waals surface area contributed by atoms with Crippen molar-refractivity contribution in [2.45, 2.75) is 20.8 Å². The molecule has 0 unspecified atom stereocenters. The summed E-state index contributed by atoms with van der Waals surface area (Å²) in [4.78, 5) is 51.4. The summed E-state index contributed by atoms with van der Waals surface area (Å²) >= 11 is 0. The van der Waals surface area contributed by atoms with Crippen LogP contribution in [0, 0.1) is 20.8 Å². The molecule has 34 heavy (non-hydrogen) atoms. The van der Waals surface area contributed by atoms with Crippen molar-refractivity contribution < 1.29 is 23.9 Å². The van der Waals surface area contributed by atoms with E-state index in [1.54, 1.807) is 42.5 Å². The highest BCUT2D eigenvalue weighted by Crippen LogP contribution is 2.27. The van der Waals surface area contributed by atoms with Crippen molar-refractivity contribution in [2.24, 2.45) is 0 Å². The third-order valence-electron chi connectivity index (χ3n) is 5.71. The van der Waals surface area contributed by atoms with Gasteiger partial charge in [0, 0.05) is 11.4 Å². The molecule has 172 valence electrons. The summed E-state index contributed by atoms with van der Waals surface area (Å²) in [5.41, 5.74) is 4.27. The Morgan fingerprint density at radius 2 is 1.65 bits per heavy atom. The number of aromatic nitrogens is 1. The highest BCUT2D eigenvalue weighted by atomic mass is 16.5. The van der Waals surface area contributed by atoms with E-state index >= 15 is 0 Å². The number of methoxy groups -OCH3 is 1. The molecule has 1 aromatic heterocycles. The minimum Gasteiger partial charge on any atom is -0.465 e. The third kappa shape index (κ3) is 3.90. The van der Waals surface area contributed by atoms with Gasteiger partial charge >= 0.3 is 12.0 Å². The highest BCUT2D eigenvalue weighted by molar-refractivity contribution is 6.39. The Bertz CT molecular complexity index is 1370. The molecule has 0 bridgehead atoms. The molecule has 0 spiro atoms. The largest absolute Gasteiger partial charge is 0.465 e. The number of aryl methyl sites for hydroxylation is 2. The number of esters is 1. The highest BCUT2D eigenvalue weighted by Gasteiger charge is 2.37. The maximum atomic E-state index is 13.2. The molecule has 8 heteroatoms. The van der Waals surface area contributed by atoms with Crippen molar-refractivity contribution in [3.63, 3.8) is 0 Å². The summed E-state index contributed by atoms with van der Waals surface area (Å²) in [6.45, 7) is 5.57. The first-order valence-electron chi connectivity index (χ1n) is 10.6. The number of barbiturate groups is 1. The van der Waals surface area contributed by atoms with E-state index in [9.17, 15) is 19.2 Å². The summed E-state index contributed by atoms with van der Waals surface area (Å²) in [5.74, 6) is -1.95. The summed E-state index contributed by atoms with van der Waals surface area (Å²) in [7, 11) is 1.32. The first-order chi connectivity index (χ1) is 16.2. The first-order valence-corrected chi connectivity index (χ1v) is 10.6. The van der Waals surface area contributed by atoms with Gasteiger partial charge in [0.1, 0.15) is 5.57 Å². The number of hydrogen-bond donors (Lipinski definition) is 1. The average Bonchev–Trinajstić information content (AvgIpc) is 3.09. The maximum absolute atomic E-state index is 13.2. The van der Waals surface area contributed by atoms with E-state index in [1.165, 1.54) is 13.2 Å². The fourth-order valence-corrected chi connectivity index (χ4v) is 4.00. The zero-order chi connectivity index (χ0) is 24.6. The molecule has 4 rings (SSSR count). The Labute approximate surface area is 196 Å². The van der Waals surface area contributed by atoms with Gasteiger partial charge in [-0.05, 0) is 62.7 Å². The first kappa shape index (κ1) is 22.7. The molecular weight excluding hydrogens is 434 g/mol. The Hall–Kier alpha value is -4.46. The number of rotatable bonds is 4. The number of para-hydroxylation sites is 1. The fourth-order valence-electron chi connectivity index (χ4n) is 4.00. The topological polar surface area (TPSA) is 97.7 Å². The Kier molecular flexibility index (Phi) is 5.89. The van der Waals surface area contributed by atoms with Gasteiger partial charge in [-0.2, -0.15) is 0 Å². The number of urea groups is 1. The Balaban J connectivity index is 1.79. The molecule has 3 aromatic rings. The van der Waals surface area contributed by atoms with Crippen molar-refractivity contribution in [1.82, 2.24) is 9.88 Å². The van der Waals surface area contributed by atoms with Gasteiger partial charge in [-0.25, -0.2) is 14.5 Å². The second kappa shape index (κ2) is 8.82. The van der Waals surface area contributed by atoms with Crippen LogP contribution < -0.4 is 10.2 Å². The number of benzene rings is 2. The molecule has 2 heterocycles. The lowest BCUT2D eigenvalue weighted by molar-refractivity contribution is -0.122. The summed E-state index contributed by atoms with van der Waals surface area (Å²) < 4.78 is 6.76. The van der Waals surface area contributed by atoms with E-state index in [2.05, 4.69) is 5.32 Å². The van der Waals surface area contributed by atoms with E-state index in [-0.39, 0.29) is 5.57 Å². The van der Waals surface area contributed by atoms with E-state index in [4.69, 9.17) is 4.74 Å². The number of amides is 4. The number of ether oxygens (including phenoxy) is 1. The minimum absolute atomic E-state index is 0.165. The van der Waals surface area contributed by atoms with Crippen LogP contribution in [0.5, 0.6) is 0 Å². The molecule has 0 atom stereocenters. The number of nitrogens with one attached hydrogen (secondary N) is 1. The quantitative estimate of drug-likeness (QED) is 0.365. The van der Waals surface area contributed by atoms with Gasteiger partial charge < -0.3 is 9.30 Å². The monoisotopic (exact) mass is 457 g/mol. The summed E-state index contributed by atoms with van der Waals surface area (Å²) in [5, 5.41) is 2.24. The van der Waals surface area contributed by atoms with Crippen LogP contribution in [-0.2, 0) is 14.3 Å². The van der Waals surface area contributed by atoms with Crippen LogP contribution in [0.1, 0.15) is 32.9 Å². The molecule has 1 saturated heterocycles. The van der Waals surface area contributed by atoms with Crippen molar-refractivity contribution in [1.29, 1.82) is 0 Å². The predicted octanol–water partition coefficient (Wildman–Crippen LogP) is 3.86. The second-order valence-electron chi connectivity index (χ2n) is 7.96. The number of imide groups is 2. The van der Waals surface area contributed by atoms with Crippen molar-refractivity contribution in [2.75, 3.05) is 12.0 Å². The van der Waals surface area contributed by atoms with Crippen LogP contribution in [0.15, 0.2) is 60.2 Å². The molecule has 1 N–H and O–H groups in total. The van der Waals surface area contributed by atoms with Crippen LogP contribution in [0.25, 0.3) is 11.8 Å². The van der Waals surface area contributed by atoms with Gasteiger partial charge in [-0.3, -0.25) is 14.9 Å². The van der Waals surface area contributed by atoms with E-state index < -0.39 is 23.8 Å². The minimum atomic E-state index is -0.798. The molecular formula is C26H23N3O5. The van der Waals surface area contributed by atoms with Gasteiger partial charge in [-0.15, -0.1) is 0 Å². The molecule has 0 aliphatic carbocycles. The fraction of sp³-hybridized carbons (Fsp3) is 0.154. The van der Waals surface area contributed by atoms with Crippen LogP contribution in [0.4, 0.5) is 10.5 Å². The second-order valence-corrected chi connectivity index (χ2v) is 7.96. The number of carbonyl (C=O) groups is 4. The van der Waals surface area contributed by atoms with Crippen molar-refractivity contribution in [3.05, 3.63) is 88.2 Å². The van der Waals surface area contributed by atoms with Gasteiger partial charge in [0.2, 0.25) is 0 Å². The number of hydrogen-bond acceptors (Lipinski definition) is 5. The molecule has 4 amide bonds. The SMILES string of the molecule is COC(=O)c1ccccc1-n1c(C)cc(/C=C2\C(=O)NC(=O)N(c3ccc(C)cc3)C2=O)c1C. The normalized spacial score (nSPS) is 15.0. The lowest BCUT2D eigenvalue weighted by atomic mass is 10.1. The van der Waals surface area contributed by atoms with Crippen LogP contribution in [0.3, 0.4) is 0 Å². The molecule has 0 saturated carbocycles. The van der Waals surface area contributed by atoms with E-state index in [0.717, 1.165) is 16.2 Å². The van der Waals surface area contributed by atoms with Gasteiger partial charge in [-0.1, -0.05) is 29.8 Å². The molecule has 1 fully saturated rings. The molecule has 0 radical (unpaired) electrons. The van der Waals surface area contributed by atoms with Gasteiger partial charge in [0.05, 0.1) is 24.0 Å². The number of anilines is 1. The summed E-state index contributed by atoms with van der Waals surface area (Å²) in [6, 6.07) is 14.9. The lowest BCUT2D eigenvalue weighted by Gasteiger charge is -2.26. The lowest BCUT2D eigenvalue weighted by Crippen LogP contribution is -2.54. The van der Waals surface area contributed by atoms with Crippen LogP contribution in [0.2, 0.25) is 0 Å². The molecule has 1 aliphatic rings. The Morgan fingerprint density at radius 3 is 2.32 bits per heavy atom.